The van der Waals surface area contributed by atoms with Crippen molar-refractivity contribution in [2.75, 3.05) is 12.4 Å². The number of alkyl halides is 1. The normalized spacial score (nSPS) is 11.6. The van der Waals surface area contributed by atoms with E-state index in [0.717, 1.165) is 5.56 Å². The predicted molar refractivity (Wildman–Crippen MR) is 49.9 cm³/mol. The van der Waals surface area contributed by atoms with Crippen LogP contribution in [0.2, 0.25) is 0 Å². The van der Waals surface area contributed by atoms with Crippen molar-refractivity contribution >= 4 is 5.69 Å². The first-order valence-corrected chi connectivity index (χ1v) is 3.99. The molecule has 0 aliphatic rings. The molecule has 1 aromatic rings. The molecule has 0 heterocycles. The molecule has 1 nitrogen and oxygen atoms in total. The SMILES string of the molecule is CC(C)(CF)c1ccccc1N. The van der Waals surface area contributed by atoms with Gasteiger partial charge in [0.15, 0.2) is 0 Å². The lowest BCUT2D eigenvalue weighted by Gasteiger charge is -2.22. The van der Waals surface area contributed by atoms with Gasteiger partial charge in [-0.25, -0.2) is 0 Å². The minimum atomic E-state index is -0.467. The van der Waals surface area contributed by atoms with Gasteiger partial charge in [-0.3, -0.25) is 4.39 Å². The minimum absolute atomic E-state index is 0.388. The van der Waals surface area contributed by atoms with E-state index >= 15 is 0 Å². The smallest absolute Gasteiger partial charge is 0.0986 e. The van der Waals surface area contributed by atoms with Crippen LogP contribution in [-0.2, 0) is 5.41 Å². The largest absolute Gasteiger partial charge is 0.398 e. The second kappa shape index (κ2) is 3.13. The first-order valence-electron chi connectivity index (χ1n) is 3.99. The van der Waals surface area contributed by atoms with Gasteiger partial charge in [-0.2, -0.15) is 0 Å². The molecule has 2 heteroatoms. The van der Waals surface area contributed by atoms with Crippen molar-refractivity contribution in [1.29, 1.82) is 0 Å². The van der Waals surface area contributed by atoms with E-state index in [9.17, 15) is 4.39 Å². The fourth-order valence-electron chi connectivity index (χ4n) is 1.19. The van der Waals surface area contributed by atoms with Crippen LogP contribution in [0.4, 0.5) is 10.1 Å². The number of para-hydroxylation sites is 1. The van der Waals surface area contributed by atoms with Crippen LogP contribution in [0.15, 0.2) is 24.3 Å². The highest BCUT2D eigenvalue weighted by Gasteiger charge is 2.21. The highest BCUT2D eigenvalue weighted by molar-refractivity contribution is 5.50. The number of rotatable bonds is 2. The third-order valence-electron chi connectivity index (χ3n) is 2.02. The van der Waals surface area contributed by atoms with Crippen LogP contribution in [0.1, 0.15) is 19.4 Å². The van der Waals surface area contributed by atoms with Crippen LogP contribution in [-0.4, -0.2) is 6.67 Å². The monoisotopic (exact) mass is 167 g/mol. The van der Waals surface area contributed by atoms with Crippen molar-refractivity contribution in [3.8, 4) is 0 Å². The summed E-state index contributed by atoms with van der Waals surface area (Å²) in [4.78, 5) is 0. The summed E-state index contributed by atoms with van der Waals surface area (Å²) in [7, 11) is 0. The second-order valence-electron chi connectivity index (χ2n) is 3.60. The Balaban J connectivity index is 3.10. The molecule has 0 radical (unpaired) electrons. The molecule has 0 saturated carbocycles. The van der Waals surface area contributed by atoms with Crippen molar-refractivity contribution in [3.05, 3.63) is 29.8 Å². The number of nitrogen functional groups attached to an aromatic ring is 1. The highest BCUT2D eigenvalue weighted by Crippen LogP contribution is 2.28. The van der Waals surface area contributed by atoms with Gasteiger partial charge >= 0.3 is 0 Å². The summed E-state index contributed by atoms with van der Waals surface area (Å²) in [5.41, 5.74) is 6.80. The average Bonchev–Trinajstić information content (AvgIpc) is 2.05. The van der Waals surface area contributed by atoms with E-state index in [4.69, 9.17) is 5.73 Å². The van der Waals surface area contributed by atoms with Crippen LogP contribution in [0.5, 0.6) is 0 Å². The van der Waals surface area contributed by atoms with Crippen LogP contribution < -0.4 is 5.73 Å². The molecule has 1 rings (SSSR count). The molecule has 0 fully saturated rings. The Morgan fingerprint density at radius 1 is 1.33 bits per heavy atom. The van der Waals surface area contributed by atoms with E-state index in [0.29, 0.717) is 5.69 Å². The van der Waals surface area contributed by atoms with Gasteiger partial charge in [0, 0.05) is 11.1 Å². The van der Waals surface area contributed by atoms with Crippen LogP contribution in [0, 0.1) is 0 Å². The molecule has 0 aliphatic heterocycles. The lowest BCUT2D eigenvalue weighted by atomic mass is 9.85. The van der Waals surface area contributed by atoms with Gasteiger partial charge in [-0.1, -0.05) is 32.0 Å². The van der Waals surface area contributed by atoms with E-state index in [1.165, 1.54) is 0 Å². The van der Waals surface area contributed by atoms with Crippen molar-refractivity contribution in [2.24, 2.45) is 0 Å². The van der Waals surface area contributed by atoms with Gasteiger partial charge in [0.25, 0.3) is 0 Å². The Morgan fingerprint density at radius 3 is 2.42 bits per heavy atom. The van der Waals surface area contributed by atoms with Gasteiger partial charge in [0.1, 0.15) is 0 Å². The van der Waals surface area contributed by atoms with E-state index < -0.39 is 5.41 Å². The third-order valence-corrected chi connectivity index (χ3v) is 2.02. The number of hydrogen-bond donors (Lipinski definition) is 1. The molecule has 0 spiro atoms. The number of anilines is 1. The lowest BCUT2D eigenvalue weighted by Crippen LogP contribution is -2.21. The second-order valence-corrected chi connectivity index (χ2v) is 3.60. The van der Waals surface area contributed by atoms with E-state index in [2.05, 4.69) is 0 Å². The molecule has 66 valence electrons. The quantitative estimate of drug-likeness (QED) is 0.673. The topological polar surface area (TPSA) is 26.0 Å². The number of benzene rings is 1. The molecule has 12 heavy (non-hydrogen) atoms. The molecule has 0 atom stereocenters. The van der Waals surface area contributed by atoms with Gasteiger partial charge in [0.05, 0.1) is 6.67 Å². The maximum atomic E-state index is 12.6. The van der Waals surface area contributed by atoms with E-state index in [1.54, 1.807) is 6.07 Å². The third kappa shape index (κ3) is 1.58. The minimum Gasteiger partial charge on any atom is -0.398 e. The summed E-state index contributed by atoms with van der Waals surface area (Å²) in [5.74, 6) is 0. The lowest BCUT2D eigenvalue weighted by molar-refractivity contribution is 0.352. The summed E-state index contributed by atoms with van der Waals surface area (Å²) in [6, 6.07) is 7.40. The van der Waals surface area contributed by atoms with Crippen molar-refractivity contribution < 1.29 is 4.39 Å². The van der Waals surface area contributed by atoms with Crippen LogP contribution in [0.25, 0.3) is 0 Å². The van der Waals surface area contributed by atoms with Crippen molar-refractivity contribution in [1.82, 2.24) is 0 Å². The summed E-state index contributed by atoms with van der Waals surface area (Å²) in [6.07, 6.45) is 0. The maximum Gasteiger partial charge on any atom is 0.0986 e. The first kappa shape index (κ1) is 9.04. The highest BCUT2D eigenvalue weighted by atomic mass is 19.1. The van der Waals surface area contributed by atoms with E-state index in [-0.39, 0.29) is 6.67 Å². The molecule has 0 aromatic heterocycles. The Kier molecular flexibility index (Phi) is 2.36. The Bertz CT molecular complexity index is 268. The summed E-state index contributed by atoms with van der Waals surface area (Å²) in [6.45, 7) is 3.30. The molecule has 0 unspecified atom stereocenters. The Morgan fingerprint density at radius 2 is 1.92 bits per heavy atom. The van der Waals surface area contributed by atoms with Gasteiger partial charge in [0.2, 0.25) is 0 Å². The summed E-state index contributed by atoms with van der Waals surface area (Å²) >= 11 is 0. The number of hydrogen-bond acceptors (Lipinski definition) is 1. The fourth-order valence-corrected chi connectivity index (χ4v) is 1.19. The fraction of sp³-hybridized carbons (Fsp3) is 0.400. The number of nitrogens with two attached hydrogens (primary N) is 1. The Labute approximate surface area is 72.4 Å². The zero-order chi connectivity index (χ0) is 9.19. The summed E-state index contributed by atoms with van der Waals surface area (Å²) in [5, 5.41) is 0. The van der Waals surface area contributed by atoms with Crippen molar-refractivity contribution in [3.63, 3.8) is 0 Å². The molecule has 0 saturated heterocycles. The van der Waals surface area contributed by atoms with Gasteiger partial charge < -0.3 is 5.73 Å². The molecular weight excluding hydrogens is 153 g/mol. The molecular formula is C10H14FN. The van der Waals surface area contributed by atoms with Gasteiger partial charge in [-0.05, 0) is 11.6 Å². The summed E-state index contributed by atoms with van der Waals surface area (Å²) < 4.78 is 12.6. The van der Waals surface area contributed by atoms with Crippen molar-refractivity contribution in [2.45, 2.75) is 19.3 Å². The Hall–Kier alpha value is -1.05. The van der Waals surface area contributed by atoms with Crippen LogP contribution in [0.3, 0.4) is 0 Å². The molecule has 0 bridgehead atoms. The molecule has 1 aromatic carbocycles. The van der Waals surface area contributed by atoms with Crippen LogP contribution >= 0.6 is 0 Å². The zero-order valence-corrected chi connectivity index (χ0v) is 7.47. The zero-order valence-electron chi connectivity index (χ0n) is 7.47. The molecule has 0 amide bonds. The molecule has 2 N–H and O–H groups in total. The standard InChI is InChI=1S/C10H14FN/c1-10(2,7-11)8-5-3-4-6-9(8)12/h3-6H,7,12H2,1-2H3. The predicted octanol–water partition coefficient (Wildman–Crippen LogP) is 2.52. The number of halogens is 1. The maximum absolute atomic E-state index is 12.6. The molecule has 0 aliphatic carbocycles. The van der Waals surface area contributed by atoms with Gasteiger partial charge in [-0.15, -0.1) is 0 Å². The average molecular weight is 167 g/mol. The van der Waals surface area contributed by atoms with E-state index in [1.807, 2.05) is 32.0 Å². The first-order chi connectivity index (χ1) is 5.58.